The fraction of sp³-hybridized carbons (Fsp3) is 0.308. The Morgan fingerprint density at radius 2 is 2.29 bits per heavy atom. The molecule has 0 bridgehead atoms. The van der Waals surface area contributed by atoms with Crippen LogP contribution in [0, 0.1) is 10.1 Å². The van der Waals surface area contributed by atoms with E-state index >= 15 is 0 Å². The van der Waals surface area contributed by atoms with E-state index in [9.17, 15) is 10.1 Å². The molecule has 2 heterocycles. The maximum atomic E-state index is 10.8. The highest BCUT2D eigenvalue weighted by Crippen LogP contribution is 2.28. The summed E-state index contributed by atoms with van der Waals surface area (Å²) in [6, 6.07) is 6.68. The van der Waals surface area contributed by atoms with Crippen molar-refractivity contribution >= 4 is 16.6 Å². The van der Waals surface area contributed by atoms with Crippen molar-refractivity contribution in [1.82, 2.24) is 25.2 Å². The lowest BCUT2D eigenvalue weighted by Gasteiger charge is -2.15. The lowest BCUT2D eigenvalue weighted by atomic mass is 10.1. The third-order valence-corrected chi connectivity index (χ3v) is 3.47. The van der Waals surface area contributed by atoms with Gasteiger partial charge < -0.3 is 4.57 Å². The molecular weight excluding hydrogens is 272 g/mol. The summed E-state index contributed by atoms with van der Waals surface area (Å²) >= 11 is 0. The molecule has 2 aromatic heterocycles. The number of rotatable bonds is 5. The van der Waals surface area contributed by atoms with Crippen LogP contribution in [0.25, 0.3) is 10.9 Å². The average Bonchev–Trinajstić information content (AvgIpc) is 3.14. The van der Waals surface area contributed by atoms with E-state index < -0.39 is 0 Å². The van der Waals surface area contributed by atoms with Crippen molar-refractivity contribution in [3.8, 4) is 0 Å². The van der Waals surface area contributed by atoms with Gasteiger partial charge in [0.2, 0.25) is 0 Å². The lowest BCUT2D eigenvalue weighted by Crippen LogP contribution is -2.11. The Labute approximate surface area is 119 Å². The van der Waals surface area contributed by atoms with E-state index in [0.717, 1.165) is 23.7 Å². The zero-order chi connectivity index (χ0) is 14.8. The number of fused-ring (bicyclic) bond motifs is 1. The molecule has 8 nitrogen and oxygen atoms in total. The predicted molar refractivity (Wildman–Crippen MR) is 75.8 cm³/mol. The van der Waals surface area contributed by atoms with E-state index in [1.807, 2.05) is 16.8 Å². The van der Waals surface area contributed by atoms with Gasteiger partial charge in [-0.15, -0.1) is 10.2 Å². The van der Waals surface area contributed by atoms with Crippen molar-refractivity contribution in [2.75, 3.05) is 0 Å². The van der Waals surface area contributed by atoms with Crippen LogP contribution >= 0.6 is 0 Å². The zero-order valence-electron chi connectivity index (χ0n) is 11.4. The number of hydrogen-bond donors (Lipinski definition) is 1. The molecule has 0 aliphatic rings. The quantitative estimate of drug-likeness (QED) is 0.573. The molecule has 1 unspecified atom stereocenters. The Hall–Kier alpha value is -2.77. The number of nitrogens with zero attached hydrogens (tertiary/aromatic N) is 5. The first-order valence-corrected chi connectivity index (χ1v) is 6.69. The first kappa shape index (κ1) is 13.2. The molecule has 0 aliphatic carbocycles. The van der Waals surface area contributed by atoms with Gasteiger partial charge >= 0.3 is 0 Å². The number of non-ortho nitro benzene ring substituents is 1. The minimum atomic E-state index is -0.389. The van der Waals surface area contributed by atoms with Crippen LogP contribution in [-0.4, -0.2) is 30.1 Å². The third kappa shape index (κ3) is 2.35. The second-order valence-corrected chi connectivity index (χ2v) is 4.80. The van der Waals surface area contributed by atoms with Crippen LogP contribution in [0.3, 0.4) is 0 Å². The molecule has 108 valence electrons. The van der Waals surface area contributed by atoms with Gasteiger partial charge in [0.1, 0.15) is 0 Å². The molecule has 0 fully saturated rings. The molecule has 1 atom stereocenters. The molecule has 3 aromatic rings. The van der Waals surface area contributed by atoms with Gasteiger partial charge in [-0.3, -0.25) is 10.1 Å². The lowest BCUT2D eigenvalue weighted by molar-refractivity contribution is -0.384. The summed E-state index contributed by atoms with van der Waals surface area (Å²) in [5.41, 5.74) is 1.01. The number of tetrazole rings is 1. The Bertz CT molecular complexity index is 764. The third-order valence-electron chi connectivity index (χ3n) is 3.47. The number of aromatic nitrogens is 5. The van der Waals surface area contributed by atoms with Crippen molar-refractivity contribution in [3.63, 3.8) is 0 Å². The fourth-order valence-corrected chi connectivity index (χ4v) is 2.51. The zero-order valence-corrected chi connectivity index (χ0v) is 11.4. The predicted octanol–water partition coefficient (Wildman–Crippen LogP) is 2.45. The normalized spacial score (nSPS) is 12.6. The minimum absolute atomic E-state index is 0.0345. The topological polar surface area (TPSA) is 103 Å². The average molecular weight is 286 g/mol. The highest BCUT2D eigenvalue weighted by atomic mass is 16.6. The first-order chi connectivity index (χ1) is 10.2. The van der Waals surface area contributed by atoms with Crippen LogP contribution in [0.5, 0.6) is 0 Å². The molecule has 0 saturated heterocycles. The number of benzene rings is 1. The van der Waals surface area contributed by atoms with Gasteiger partial charge in [0.15, 0.2) is 5.82 Å². The Morgan fingerprint density at radius 3 is 2.95 bits per heavy atom. The molecule has 0 saturated carbocycles. The molecule has 0 spiro atoms. The second kappa shape index (κ2) is 5.31. The van der Waals surface area contributed by atoms with Crippen LogP contribution in [0.1, 0.15) is 31.6 Å². The summed E-state index contributed by atoms with van der Waals surface area (Å²) in [6.45, 7) is 2.09. The minimum Gasteiger partial charge on any atom is -0.337 e. The number of nitrogens with one attached hydrogen (secondary N) is 1. The van der Waals surface area contributed by atoms with Crippen molar-refractivity contribution in [2.24, 2.45) is 0 Å². The van der Waals surface area contributed by atoms with Crippen molar-refractivity contribution in [2.45, 2.75) is 25.8 Å². The maximum absolute atomic E-state index is 10.8. The van der Waals surface area contributed by atoms with Gasteiger partial charge in [0.25, 0.3) is 5.69 Å². The van der Waals surface area contributed by atoms with Gasteiger partial charge in [-0.25, -0.2) is 0 Å². The van der Waals surface area contributed by atoms with Crippen molar-refractivity contribution in [3.05, 3.63) is 46.4 Å². The summed E-state index contributed by atoms with van der Waals surface area (Å²) in [4.78, 5) is 10.5. The van der Waals surface area contributed by atoms with E-state index in [0.29, 0.717) is 5.82 Å². The number of H-pyrrole nitrogens is 1. The molecule has 1 aromatic carbocycles. The number of nitro groups is 1. The summed E-state index contributed by atoms with van der Waals surface area (Å²) in [6.07, 6.45) is 3.73. The molecular formula is C13H14N6O2. The smallest absolute Gasteiger partial charge is 0.270 e. The SMILES string of the molecule is CCCC(c1nn[nH]n1)n1ccc2cc([N+](=O)[O-])ccc21. The van der Waals surface area contributed by atoms with Gasteiger partial charge in [-0.05, 0) is 18.6 Å². The summed E-state index contributed by atoms with van der Waals surface area (Å²) in [7, 11) is 0. The number of hydrogen-bond acceptors (Lipinski definition) is 5. The fourth-order valence-electron chi connectivity index (χ4n) is 2.51. The van der Waals surface area contributed by atoms with E-state index in [4.69, 9.17) is 0 Å². The number of aromatic amines is 1. The van der Waals surface area contributed by atoms with Crippen LogP contribution in [0.2, 0.25) is 0 Å². The van der Waals surface area contributed by atoms with E-state index in [1.54, 1.807) is 12.1 Å². The largest absolute Gasteiger partial charge is 0.337 e. The van der Waals surface area contributed by atoms with Gasteiger partial charge in [-0.2, -0.15) is 5.21 Å². The highest BCUT2D eigenvalue weighted by Gasteiger charge is 2.19. The first-order valence-electron chi connectivity index (χ1n) is 6.69. The molecule has 21 heavy (non-hydrogen) atoms. The monoisotopic (exact) mass is 286 g/mol. The Morgan fingerprint density at radius 1 is 1.43 bits per heavy atom. The van der Waals surface area contributed by atoms with Crippen LogP contribution < -0.4 is 0 Å². The Balaban J connectivity index is 2.08. The van der Waals surface area contributed by atoms with Crippen LogP contribution in [-0.2, 0) is 0 Å². The van der Waals surface area contributed by atoms with Crippen LogP contribution in [0.4, 0.5) is 5.69 Å². The Kier molecular flexibility index (Phi) is 3.35. The molecule has 0 aliphatic heterocycles. The molecule has 3 rings (SSSR count). The van der Waals surface area contributed by atoms with Gasteiger partial charge in [-0.1, -0.05) is 18.6 Å². The molecule has 1 N–H and O–H groups in total. The second-order valence-electron chi connectivity index (χ2n) is 4.80. The number of nitro benzene ring substituents is 1. The van der Waals surface area contributed by atoms with Gasteiger partial charge in [0, 0.05) is 29.2 Å². The maximum Gasteiger partial charge on any atom is 0.270 e. The van der Waals surface area contributed by atoms with E-state index in [1.165, 1.54) is 6.07 Å². The summed E-state index contributed by atoms with van der Waals surface area (Å²) < 4.78 is 2.04. The van der Waals surface area contributed by atoms with E-state index in [2.05, 4.69) is 27.5 Å². The molecule has 8 heteroatoms. The molecule has 0 radical (unpaired) electrons. The summed E-state index contributed by atoms with van der Waals surface area (Å²) in [5.74, 6) is 0.618. The summed E-state index contributed by atoms with van der Waals surface area (Å²) in [5, 5.41) is 25.9. The van der Waals surface area contributed by atoms with Crippen LogP contribution in [0.15, 0.2) is 30.5 Å². The highest BCUT2D eigenvalue weighted by molar-refractivity contribution is 5.82. The standard InChI is InChI=1S/C13H14N6O2/c1-2-3-12(13-14-16-17-15-13)18-7-6-9-8-10(19(20)21)4-5-11(9)18/h4-8,12H,2-3H2,1H3,(H,14,15,16,17). The van der Waals surface area contributed by atoms with E-state index in [-0.39, 0.29) is 16.7 Å². The van der Waals surface area contributed by atoms with Gasteiger partial charge in [0.05, 0.1) is 11.0 Å². The van der Waals surface area contributed by atoms with Crippen molar-refractivity contribution in [1.29, 1.82) is 0 Å². The van der Waals surface area contributed by atoms with Crippen molar-refractivity contribution < 1.29 is 4.92 Å². The molecule has 0 amide bonds.